The zero-order chi connectivity index (χ0) is 12.6. The molecule has 1 aliphatic heterocycles. The molecule has 0 radical (unpaired) electrons. The summed E-state index contributed by atoms with van der Waals surface area (Å²) in [7, 11) is 0. The predicted octanol–water partition coefficient (Wildman–Crippen LogP) is 3.82. The van der Waals surface area contributed by atoms with Crippen molar-refractivity contribution in [2.24, 2.45) is 0 Å². The van der Waals surface area contributed by atoms with Crippen LogP contribution < -0.4 is 4.90 Å². The van der Waals surface area contributed by atoms with Crippen LogP contribution in [0.5, 0.6) is 0 Å². The number of aryl methyl sites for hydroxylation is 2. The van der Waals surface area contributed by atoms with Crippen LogP contribution >= 0.6 is 11.6 Å². The van der Waals surface area contributed by atoms with Crippen LogP contribution in [0.4, 0.5) is 5.82 Å². The molecule has 0 N–H and O–H groups in total. The van der Waals surface area contributed by atoms with Gasteiger partial charge >= 0.3 is 0 Å². The van der Waals surface area contributed by atoms with Crippen molar-refractivity contribution in [3.8, 4) is 0 Å². The summed E-state index contributed by atoms with van der Waals surface area (Å²) in [4.78, 5) is 7.15. The lowest BCUT2D eigenvalue weighted by atomic mass is 10.0. The average Bonchev–Trinajstić information content (AvgIpc) is 2.57. The normalized spacial score (nSPS) is 18.8. The van der Waals surface area contributed by atoms with Gasteiger partial charge in [-0.25, -0.2) is 4.98 Å². The summed E-state index contributed by atoms with van der Waals surface area (Å²) in [6, 6.07) is 2.12. The molecule has 1 saturated heterocycles. The van der Waals surface area contributed by atoms with Crippen molar-refractivity contribution in [2.75, 3.05) is 11.4 Å². The maximum absolute atomic E-state index is 6.09. The van der Waals surface area contributed by atoms with Crippen LogP contribution in [-0.2, 0) is 5.88 Å². The zero-order valence-corrected chi connectivity index (χ0v) is 11.9. The number of nitrogens with zero attached hydrogens (tertiary/aromatic N) is 2. The third-order valence-corrected chi connectivity index (χ3v) is 4.01. The summed E-state index contributed by atoms with van der Waals surface area (Å²) in [6.45, 7) is 9.85. The van der Waals surface area contributed by atoms with Gasteiger partial charge in [-0.05, 0) is 52.2 Å². The van der Waals surface area contributed by atoms with E-state index in [-0.39, 0.29) is 5.54 Å². The number of halogens is 1. The van der Waals surface area contributed by atoms with Crippen LogP contribution in [0.3, 0.4) is 0 Å². The molecule has 94 valence electrons. The summed E-state index contributed by atoms with van der Waals surface area (Å²) < 4.78 is 0. The van der Waals surface area contributed by atoms with Crippen molar-refractivity contribution >= 4 is 17.4 Å². The zero-order valence-electron chi connectivity index (χ0n) is 11.2. The molecule has 17 heavy (non-hydrogen) atoms. The Balaban J connectivity index is 2.51. The fraction of sp³-hybridized carbons (Fsp3) is 0.643. The van der Waals surface area contributed by atoms with Crippen LogP contribution in [0.2, 0.25) is 0 Å². The van der Waals surface area contributed by atoms with Crippen molar-refractivity contribution in [3.63, 3.8) is 0 Å². The highest BCUT2D eigenvalue weighted by Gasteiger charge is 2.34. The summed E-state index contributed by atoms with van der Waals surface area (Å²) in [6.07, 6.45) is 2.47. The summed E-state index contributed by atoms with van der Waals surface area (Å²) in [5.41, 5.74) is 3.72. The first-order valence-corrected chi connectivity index (χ1v) is 6.80. The van der Waals surface area contributed by atoms with Gasteiger partial charge in [0.15, 0.2) is 0 Å². The van der Waals surface area contributed by atoms with E-state index in [1.165, 1.54) is 24.0 Å². The molecule has 0 unspecified atom stereocenters. The second kappa shape index (κ2) is 4.49. The lowest BCUT2D eigenvalue weighted by molar-refractivity contribution is 0.513. The number of aromatic nitrogens is 1. The molecular formula is C14H21ClN2. The van der Waals surface area contributed by atoms with Crippen LogP contribution in [-0.4, -0.2) is 17.1 Å². The largest absolute Gasteiger partial charge is 0.351 e. The van der Waals surface area contributed by atoms with Gasteiger partial charge in [-0.1, -0.05) is 0 Å². The molecule has 0 aromatic carbocycles. The highest BCUT2D eigenvalue weighted by molar-refractivity contribution is 6.17. The topological polar surface area (TPSA) is 16.1 Å². The summed E-state index contributed by atoms with van der Waals surface area (Å²) >= 11 is 6.09. The molecule has 2 rings (SSSR count). The maximum Gasteiger partial charge on any atom is 0.133 e. The maximum atomic E-state index is 6.09. The Kier molecular flexibility index (Phi) is 3.35. The summed E-state index contributed by atoms with van der Waals surface area (Å²) in [5.74, 6) is 1.64. The van der Waals surface area contributed by atoms with Gasteiger partial charge < -0.3 is 4.90 Å². The second-order valence-electron chi connectivity index (χ2n) is 5.58. The van der Waals surface area contributed by atoms with Crippen LogP contribution in [0.25, 0.3) is 0 Å². The van der Waals surface area contributed by atoms with Gasteiger partial charge in [-0.15, -0.1) is 11.6 Å². The molecule has 0 amide bonds. The van der Waals surface area contributed by atoms with Crippen LogP contribution in [0.1, 0.15) is 43.5 Å². The number of pyridine rings is 1. The third kappa shape index (κ3) is 2.28. The Morgan fingerprint density at radius 3 is 2.65 bits per heavy atom. The van der Waals surface area contributed by atoms with E-state index in [4.69, 9.17) is 16.6 Å². The molecule has 0 aliphatic carbocycles. The fourth-order valence-electron chi connectivity index (χ4n) is 2.73. The van der Waals surface area contributed by atoms with Crippen molar-refractivity contribution in [3.05, 3.63) is 22.9 Å². The lowest BCUT2D eigenvalue weighted by Gasteiger charge is -2.34. The molecule has 1 fully saturated rings. The molecular weight excluding hydrogens is 232 g/mol. The van der Waals surface area contributed by atoms with Crippen molar-refractivity contribution < 1.29 is 0 Å². The van der Waals surface area contributed by atoms with Crippen molar-refractivity contribution in [1.82, 2.24) is 4.98 Å². The first kappa shape index (κ1) is 12.7. The van der Waals surface area contributed by atoms with E-state index in [1.54, 1.807) is 0 Å². The van der Waals surface area contributed by atoms with E-state index < -0.39 is 0 Å². The molecule has 1 aromatic heterocycles. The molecule has 0 bridgehead atoms. The number of anilines is 1. The van der Waals surface area contributed by atoms with Gasteiger partial charge in [0.1, 0.15) is 5.82 Å². The van der Waals surface area contributed by atoms with Gasteiger partial charge in [-0.2, -0.15) is 0 Å². The van der Waals surface area contributed by atoms with E-state index in [2.05, 4.69) is 38.7 Å². The smallest absolute Gasteiger partial charge is 0.133 e. The van der Waals surface area contributed by atoms with Gasteiger partial charge in [0.25, 0.3) is 0 Å². The second-order valence-corrected chi connectivity index (χ2v) is 5.85. The minimum atomic E-state index is 0.202. The minimum Gasteiger partial charge on any atom is -0.351 e. The van der Waals surface area contributed by atoms with E-state index >= 15 is 0 Å². The molecule has 3 heteroatoms. The molecule has 0 saturated carbocycles. The highest BCUT2D eigenvalue weighted by Crippen LogP contribution is 2.36. The van der Waals surface area contributed by atoms with Crippen molar-refractivity contribution in [1.29, 1.82) is 0 Å². The Hall–Kier alpha value is -0.760. The average molecular weight is 253 g/mol. The Morgan fingerprint density at radius 2 is 2.12 bits per heavy atom. The molecule has 1 aliphatic rings. The van der Waals surface area contributed by atoms with Gasteiger partial charge in [-0.3, -0.25) is 0 Å². The minimum absolute atomic E-state index is 0.202. The van der Waals surface area contributed by atoms with E-state index in [0.717, 1.165) is 18.1 Å². The van der Waals surface area contributed by atoms with Gasteiger partial charge in [0, 0.05) is 23.3 Å². The quantitative estimate of drug-likeness (QED) is 0.744. The van der Waals surface area contributed by atoms with E-state index in [1.807, 2.05) is 0 Å². The molecule has 0 spiro atoms. The van der Waals surface area contributed by atoms with E-state index in [9.17, 15) is 0 Å². The van der Waals surface area contributed by atoms with Gasteiger partial charge in [0.05, 0.1) is 5.88 Å². The first-order valence-electron chi connectivity index (χ1n) is 6.26. The Labute approximate surface area is 109 Å². The highest BCUT2D eigenvalue weighted by atomic mass is 35.5. The number of alkyl halides is 1. The molecule has 2 heterocycles. The van der Waals surface area contributed by atoms with Crippen molar-refractivity contribution in [2.45, 2.75) is 52.0 Å². The summed E-state index contributed by atoms with van der Waals surface area (Å²) in [5, 5.41) is 0. The van der Waals surface area contributed by atoms with Crippen LogP contribution in [0.15, 0.2) is 6.07 Å². The Bertz CT molecular complexity index is 426. The molecule has 1 aromatic rings. The fourth-order valence-corrected chi connectivity index (χ4v) is 3.06. The van der Waals surface area contributed by atoms with Crippen LogP contribution in [0, 0.1) is 13.8 Å². The monoisotopic (exact) mass is 252 g/mol. The number of hydrogen-bond acceptors (Lipinski definition) is 2. The SMILES string of the molecule is Cc1cc(C)c(CCl)c(N2CCCC2(C)C)n1. The van der Waals surface area contributed by atoms with Gasteiger partial charge in [0.2, 0.25) is 0 Å². The standard InChI is InChI=1S/C14H21ClN2/c1-10-8-11(2)16-13(12(10)9-15)17-7-5-6-14(17,3)4/h8H,5-7,9H2,1-4H3. The first-order chi connectivity index (χ1) is 7.95. The van der Waals surface area contributed by atoms with E-state index in [0.29, 0.717) is 5.88 Å². The molecule has 0 atom stereocenters. The number of rotatable bonds is 2. The third-order valence-electron chi connectivity index (χ3n) is 3.74. The molecule has 2 nitrogen and oxygen atoms in total. The predicted molar refractivity (Wildman–Crippen MR) is 73.9 cm³/mol. The number of hydrogen-bond donors (Lipinski definition) is 0. The Morgan fingerprint density at radius 1 is 1.41 bits per heavy atom. The lowest BCUT2D eigenvalue weighted by Crippen LogP contribution is -2.39.